The van der Waals surface area contributed by atoms with E-state index >= 15 is 0 Å². The van der Waals surface area contributed by atoms with Crippen molar-refractivity contribution in [3.8, 4) is 34.0 Å². The molecule has 1 heterocycles. The van der Waals surface area contributed by atoms with Gasteiger partial charge >= 0.3 is 11.9 Å². The Labute approximate surface area is 206 Å². The third-order valence-corrected chi connectivity index (χ3v) is 5.46. The molecule has 184 valence electrons. The molecule has 2 N–H and O–H groups in total. The van der Waals surface area contributed by atoms with Crippen LogP contribution in [0.4, 0.5) is 4.39 Å². The Hall–Kier alpha value is -4.66. The number of methoxy groups -OCH3 is 1. The summed E-state index contributed by atoms with van der Waals surface area (Å²) in [5, 5.41) is 23.1. The van der Waals surface area contributed by atoms with E-state index in [1.54, 1.807) is 42.1 Å². The van der Waals surface area contributed by atoms with Crippen molar-refractivity contribution < 1.29 is 33.7 Å². The molecule has 0 spiro atoms. The Morgan fingerprint density at radius 1 is 0.944 bits per heavy atom. The maximum atomic E-state index is 13.6. The van der Waals surface area contributed by atoms with Gasteiger partial charge < -0.3 is 19.7 Å². The Kier molecular flexibility index (Phi) is 7.29. The van der Waals surface area contributed by atoms with Crippen molar-refractivity contribution in [2.45, 2.75) is 13.0 Å². The zero-order chi connectivity index (χ0) is 25.7. The summed E-state index contributed by atoms with van der Waals surface area (Å²) >= 11 is 0. The number of hydrogen-bond acceptors (Lipinski definition) is 5. The molecule has 36 heavy (non-hydrogen) atoms. The van der Waals surface area contributed by atoms with Crippen molar-refractivity contribution in [2.24, 2.45) is 0 Å². The van der Waals surface area contributed by atoms with Crippen LogP contribution < -0.4 is 9.47 Å². The lowest BCUT2D eigenvalue weighted by molar-refractivity contribution is -0.139. The van der Waals surface area contributed by atoms with Crippen LogP contribution in [0.1, 0.15) is 11.1 Å². The highest BCUT2D eigenvalue weighted by Gasteiger charge is 2.18. The van der Waals surface area contributed by atoms with Crippen LogP contribution in [0.15, 0.2) is 72.8 Å². The van der Waals surface area contributed by atoms with Crippen LogP contribution in [-0.4, -0.2) is 45.6 Å². The molecule has 4 aromatic rings. The van der Waals surface area contributed by atoms with Crippen LogP contribution in [0.25, 0.3) is 22.5 Å². The maximum Gasteiger partial charge on any atom is 0.341 e. The minimum atomic E-state index is -1.15. The van der Waals surface area contributed by atoms with Gasteiger partial charge in [-0.1, -0.05) is 24.3 Å². The van der Waals surface area contributed by atoms with Gasteiger partial charge in [-0.3, -0.25) is 9.48 Å². The monoisotopic (exact) mass is 490 g/mol. The first kappa shape index (κ1) is 24.5. The number of hydrogen-bond donors (Lipinski definition) is 2. The molecule has 0 fully saturated rings. The summed E-state index contributed by atoms with van der Waals surface area (Å²) in [5.41, 5.74) is 3.63. The third kappa shape index (κ3) is 5.69. The quantitative estimate of drug-likeness (QED) is 0.337. The third-order valence-electron chi connectivity index (χ3n) is 5.46. The summed E-state index contributed by atoms with van der Waals surface area (Å²) in [4.78, 5) is 22.4. The Bertz CT molecular complexity index is 1400. The van der Waals surface area contributed by atoms with Crippen molar-refractivity contribution in [3.63, 3.8) is 0 Å². The molecule has 0 unspecified atom stereocenters. The molecule has 0 radical (unpaired) electrons. The van der Waals surface area contributed by atoms with E-state index in [1.807, 2.05) is 24.3 Å². The molecule has 4 rings (SSSR count). The summed E-state index contributed by atoms with van der Waals surface area (Å²) in [6.07, 6.45) is -0.223. The van der Waals surface area contributed by atoms with E-state index in [2.05, 4.69) is 0 Å². The van der Waals surface area contributed by atoms with Crippen molar-refractivity contribution in [1.82, 2.24) is 9.78 Å². The number of nitrogens with zero attached hydrogens (tertiary/aromatic N) is 2. The van der Waals surface area contributed by atoms with E-state index in [4.69, 9.17) is 19.7 Å². The number of aromatic nitrogens is 2. The summed E-state index contributed by atoms with van der Waals surface area (Å²) in [7, 11) is 1.58. The molecule has 0 atom stereocenters. The SMILES string of the molecule is COc1ccccc1Cn1nc(-c2cc(CC(=O)O)ccc2OCC(=O)O)cc1-c1ccc(F)cc1. The normalized spacial score (nSPS) is 10.7. The summed E-state index contributed by atoms with van der Waals surface area (Å²) < 4.78 is 26.3. The Morgan fingerprint density at radius 2 is 1.69 bits per heavy atom. The predicted octanol–water partition coefficient (Wildman–Crippen LogP) is 4.50. The highest BCUT2D eigenvalue weighted by Crippen LogP contribution is 2.34. The van der Waals surface area contributed by atoms with Crippen LogP contribution in [-0.2, 0) is 22.6 Å². The summed E-state index contributed by atoms with van der Waals surface area (Å²) in [6, 6.07) is 20.0. The summed E-state index contributed by atoms with van der Waals surface area (Å²) in [5.74, 6) is -1.61. The molecular formula is C27H23FN2O6. The van der Waals surface area contributed by atoms with Gasteiger partial charge in [0, 0.05) is 16.7 Å². The van der Waals surface area contributed by atoms with E-state index in [1.165, 1.54) is 18.2 Å². The average Bonchev–Trinajstić information content (AvgIpc) is 3.27. The molecule has 0 aliphatic rings. The van der Waals surface area contributed by atoms with Crippen molar-refractivity contribution in [3.05, 3.63) is 89.7 Å². The van der Waals surface area contributed by atoms with Crippen molar-refractivity contribution in [1.29, 1.82) is 0 Å². The molecule has 0 saturated heterocycles. The minimum Gasteiger partial charge on any atom is -0.496 e. The first-order valence-electron chi connectivity index (χ1n) is 11.0. The Morgan fingerprint density at radius 3 is 2.39 bits per heavy atom. The maximum absolute atomic E-state index is 13.6. The standard InChI is InChI=1S/C27H23FN2O6/c1-35-24-5-3-2-4-19(24)15-30-23(18-7-9-20(28)10-8-18)14-22(29-30)21-12-17(13-26(31)32)6-11-25(21)36-16-27(33)34/h2-12,14H,13,15-16H2,1H3,(H,31,32)(H,33,34). The highest BCUT2D eigenvalue weighted by molar-refractivity contribution is 5.76. The van der Waals surface area contributed by atoms with Crippen LogP contribution in [0, 0.1) is 5.82 Å². The fraction of sp³-hybridized carbons (Fsp3) is 0.148. The lowest BCUT2D eigenvalue weighted by Crippen LogP contribution is -2.10. The van der Waals surface area contributed by atoms with E-state index in [-0.39, 0.29) is 18.0 Å². The van der Waals surface area contributed by atoms with Gasteiger partial charge in [-0.05, 0) is 54.1 Å². The largest absolute Gasteiger partial charge is 0.496 e. The second kappa shape index (κ2) is 10.7. The van der Waals surface area contributed by atoms with Gasteiger partial charge in [-0.15, -0.1) is 0 Å². The fourth-order valence-corrected chi connectivity index (χ4v) is 3.84. The smallest absolute Gasteiger partial charge is 0.341 e. The zero-order valence-electron chi connectivity index (χ0n) is 19.3. The molecule has 3 aromatic carbocycles. The Balaban J connectivity index is 1.85. The molecule has 0 saturated carbocycles. The number of para-hydroxylation sites is 1. The number of halogens is 1. The van der Waals surface area contributed by atoms with Crippen LogP contribution in [0.3, 0.4) is 0 Å². The molecule has 0 aliphatic carbocycles. The van der Waals surface area contributed by atoms with E-state index in [0.29, 0.717) is 40.4 Å². The second-order valence-electron chi connectivity index (χ2n) is 7.97. The van der Waals surface area contributed by atoms with E-state index in [9.17, 15) is 19.1 Å². The first-order chi connectivity index (χ1) is 17.3. The lowest BCUT2D eigenvalue weighted by Gasteiger charge is -2.11. The number of benzene rings is 3. The molecule has 8 nitrogen and oxygen atoms in total. The van der Waals surface area contributed by atoms with E-state index < -0.39 is 18.5 Å². The zero-order valence-corrected chi connectivity index (χ0v) is 19.3. The van der Waals surface area contributed by atoms with Crippen LogP contribution >= 0.6 is 0 Å². The number of ether oxygens (including phenoxy) is 2. The molecule has 0 aliphatic heterocycles. The van der Waals surface area contributed by atoms with E-state index in [0.717, 1.165) is 5.56 Å². The van der Waals surface area contributed by atoms with Crippen molar-refractivity contribution >= 4 is 11.9 Å². The topological polar surface area (TPSA) is 111 Å². The molecule has 0 bridgehead atoms. The molecule has 0 amide bonds. The van der Waals surface area contributed by atoms with Gasteiger partial charge in [0.1, 0.15) is 17.3 Å². The minimum absolute atomic E-state index is 0.223. The van der Waals surface area contributed by atoms with Gasteiger partial charge in [0.05, 0.1) is 31.5 Å². The summed E-state index contributed by atoms with van der Waals surface area (Å²) in [6.45, 7) is -0.241. The number of carboxylic acid groups (broad SMARTS) is 2. The number of carboxylic acids is 2. The van der Waals surface area contributed by atoms with Gasteiger partial charge in [0.2, 0.25) is 0 Å². The van der Waals surface area contributed by atoms with Crippen LogP contribution in [0.5, 0.6) is 11.5 Å². The highest BCUT2D eigenvalue weighted by atomic mass is 19.1. The number of aliphatic carboxylic acids is 2. The predicted molar refractivity (Wildman–Crippen MR) is 130 cm³/mol. The van der Waals surface area contributed by atoms with Crippen molar-refractivity contribution in [2.75, 3.05) is 13.7 Å². The van der Waals surface area contributed by atoms with Gasteiger partial charge in [-0.2, -0.15) is 5.10 Å². The molecule has 1 aromatic heterocycles. The molecular weight excluding hydrogens is 467 g/mol. The first-order valence-corrected chi connectivity index (χ1v) is 11.0. The lowest BCUT2D eigenvalue weighted by atomic mass is 10.0. The number of rotatable bonds is 10. The molecule has 9 heteroatoms. The number of carbonyl (C=O) groups is 2. The van der Waals surface area contributed by atoms with Gasteiger partial charge in [-0.25, -0.2) is 9.18 Å². The van der Waals surface area contributed by atoms with Gasteiger partial charge in [0.25, 0.3) is 0 Å². The second-order valence-corrected chi connectivity index (χ2v) is 7.97. The van der Waals surface area contributed by atoms with Crippen LogP contribution in [0.2, 0.25) is 0 Å². The fourth-order valence-electron chi connectivity index (χ4n) is 3.84. The average molecular weight is 490 g/mol. The van der Waals surface area contributed by atoms with Gasteiger partial charge in [0.15, 0.2) is 6.61 Å².